The second-order valence-corrected chi connectivity index (χ2v) is 9.42. The van der Waals surface area contributed by atoms with Gasteiger partial charge in [0.1, 0.15) is 11.6 Å². The van der Waals surface area contributed by atoms with Crippen molar-refractivity contribution in [3.63, 3.8) is 0 Å². The Bertz CT molecular complexity index is 1700. The average molecular weight is 571 g/mol. The van der Waals surface area contributed by atoms with Crippen molar-refractivity contribution in [2.24, 2.45) is 0 Å². The van der Waals surface area contributed by atoms with Crippen LogP contribution in [0.2, 0.25) is 0 Å². The minimum atomic E-state index is -0.493. The molecule has 0 atom stereocenters. The smallest absolute Gasteiger partial charge is 0.251 e. The largest absolute Gasteiger partial charge is 0.495 e. The number of nitrogens with one attached hydrogen (secondary N) is 3. The Morgan fingerprint density at radius 1 is 0.952 bits per heavy atom. The molecule has 0 aliphatic carbocycles. The lowest BCUT2D eigenvalue weighted by Gasteiger charge is -2.11. The molecule has 0 unspecified atom stereocenters. The maximum Gasteiger partial charge on any atom is 0.251 e. The Hall–Kier alpha value is -5.32. The molecule has 0 bridgehead atoms. The molecule has 0 aliphatic rings. The molecule has 0 radical (unpaired) electrons. The summed E-state index contributed by atoms with van der Waals surface area (Å²) in [5.74, 6) is -0.0802. The molecule has 42 heavy (non-hydrogen) atoms. The fourth-order valence-corrected chi connectivity index (χ4v) is 4.27. The second kappa shape index (κ2) is 12.9. The maximum absolute atomic E-state index is 13.1. The minimum absolute atomic E-state index is 0.147. The minimum Gasteiger partial charge on any atom is -0.495 e. The zero-order valence-electron chi connectivity index (χ0n) is 22.7. The fourth-order valence-electron chi connectivity index (χ4n) is 4.27. The molecule has 2 heterocycles. The zero-order chi connectivity index (χ0) is 29.5. The number of amides is 2. The zero-order valence-corrected chi connectivity index (χ0v) is 22.7. The van der Waals surface area contributed by atoms with Crippen molar-refractivity contribution < 1.29 is 23.1 Å². The van der Waals surface area contributed by atoms with E-state index in [0.29, 0.717) is 34.3 Å². The van der Waals surface area contributed by atoms with Crippen molar-refractivity contribution in [3.8, 4) is 16.9 Å². The van der Waals surface area contributed by atoms with Crippen LogP contribution in [0.25, 0.3) is 16.8 Å². The Morgan fingerprint density at radius 3 is 2.45 bits per heavy atom. The number of alkyl halides is 1. The first-order chi connectivity index (χ1) is 20.4. The number of pyridine rings is 1. The highest BCUT2D eigenvalue weighted by molar-refractivity contribution is 5.95. The van der Waals surface area contributed by atoms with E-state index in [9.17, 15) is 18.4 Å². The Labute approximate surface area is 240 Å². The van der Waals surface area contributed by atoms with Crippen molar-refractivity contribution in [1.29, 1.82) is 0 Å². The quantitative estimate of drug-likeness (QED) is 0.180. The van der Waals surface area contributed by atoms with E-state index in [1.165, 1.54) is 19.2 Å². The number of hydrogen-bond acceptors (Lipinski definition) is 6. The molecule has 0 saturated heterocycles. The number of halogens is 2. The fraction of sp³-hybridized carbons (Fsp3) is 0.161. The van der Waals surface area contributed by atoms with Gasteiger partial charge in [0, 0.05) is 29.6 Å². The second-order valence-electron chi connectivity index (χ2n) is 9.42. The van der Waals surface area contributed by atoms with Gasteiger partial charge in [0.25, 0.3) is 5.91 Å². The van der Waals surface area contributed by atoms with Gasteiger partial charge in [-0.15, -0.1) is 5.10 Å². The Kier molecular flexibility index (Phi) is 8.67. The first-order valence-corrected chi connectivity index (χ1v) is 13.2. The normalized spacial score (nSPS) is 10.8. The summed E-state index contributed by atoms with van der Waals surface area (Å²) >= 11 is 0. The van der Waals surface area contributed by atoms with Gasteiger partial charge in [-0.2, -0.15) is 4.98 Å². The highest BCUT2D eigenvalue weighted by atomic mass is 19.1. The van der Waals surface area contributed by atoms with Gasteiger partial charge < -0.3 is 20.7 Å². The van der Waals surface area contributed by atoms with Gasteiger partial charge >= 0.3 is 0 Å². The predicted octanol–water partition coefficient (Wildman–Crippen LogP) is 5.56. The number of rotatable bonds is 11. The number of anilines is 3. The van der Waals surface area contributed by atoms with Gasteiger partial charge in [-0.25, -0.2) is 8.91 Å². The van der Waals surface area contributed by atoms with E-state index < -0.39 is 6.67 Å². The molecule has 9 nitrogen and oxygen atoms in total. The first kappa shape index (κ1) is 28.2. The molecule has 0 fully saturated rings. The molecule has 5 aromatic rings. The lowest BCUT2D eigenvalue weighted by Crippen LogP contribution is -2.24. The molecule has 3 N–H and O–H groups in total. The lowest BCUT2D eigenvalue weighted by atomic mass is 10.1. The number of aromatic nitrogens is 3. The monoisotopic (exact) mass is 570 g/mol. The molecular weight excluding hydrogens is 542 g/mol. The number of fused-ring (bicyclic) bond motifs is 1. The Morgan fingerprint density at radius 2 is 1.71 bits per heavy atom. The van der Waals surface area contributed by atoms with Crippen LogP contribution >= 0.6 is 0 Å². The van der Waals surface area contributed by atoms with Gasteiger partial charge in [-0.3, -0.25) is 14.0 Å². The molecule has 0 aliphatic heterocycles. The van der Waals surface area contributed by atoms with Gasteiger partial charge in [0.15, 0.2) is 5.65 Å². The average Bonchev–Trinajstić information content (AvgIpc) is 3.40. The van der Waals surface area contributed by atoms with Crippen LogP contribution < -0.4 is 20.7 Å². The molecule has 214 valence electrons. The predicted molar refractivity (Wildman–Crippen MR) is 156 cm³/mol. The topological polar surface area (TPSA) is 110 Å². The number of nitrogens with zero attached hydrogens (tertiary/aromatic N) is 3. The van der Waals surface area contributed by atoms with E-state index in [1.54, 1.807) is 34.8 Å². The van der Waals surface area contributed by atoms with Crippen molar-refractivity contribution in [3.05, 3.63) is 102 Å². The molecule has 0 saturated carbocycles. The summed E-state index contributed by atoms with van der Waals surface area (Å²) in [6.07, 6.45) is 2.25. The van der Waals surface area contributed by atoms with Crippen LogP contribution in [0.4, 0.5) is 26.1 Å². The lowest BCUT2D eigenvalue weighted by molar-refractivity contribution is -0.115. The summed E-state index contributed by atoms with van der Waals surface area (Å²) in [6.45, 7) is -0.239. The number of benzene rings is 3. The number of methoxy groups -OCH3 is 1. The molecule has 3 aromatic carbocycles. The SMILES string of the molecule is COc1cc(C(=O)NCCCF)ccc1Nc1nc2ccc(-c3ccc(NC(=O)Cc4ccc(F)cc4)cc3)cn2n1. The van der Waals surface area contributed by atoms with Gasteiger partial charge in [-0.1, -0.05) is 24.3 Å². The van der Waals surface area contributed by atoms with Crippen LogP contribution in [0.1, 0.15) is 22.3 Å². The van der Waals surface area contributed by atoms with E-state index in [4.69, 9.17) is 4.74 Å². The van der Waals surface area contributed by atoms with Crippen molar-refractivity contribution in [1.82, 2.24) is 19.9 Å². The van der Waals surface area contributed by atoms with Crippen LogP contribution in [0.5, 0.6) is 5.75 Å². The van der Waals surface area contributed by atoms with Gasteiger partial charge in [-0.05, 0) is 72.1 Å². The van der Waals surface area contributed by atoms with Crippen LogP contribution in [0.3, 0.4) is 0 Å². The summed E-state index contributed by atoms with van der Waals surface area (Å²) < 4.78 is 32.5. The summed E-state index contributed by atoms with van der Waals surface area (Å²) in [5, 5.41) is 13.2. The number of carbonyl (C=O) groups is 2. The standard InChI is InChI=1S/C31H28F2N6O3/c1-42-27-18-22(30(41)34-16-2-15-32)7-13-26(27)36-31-37-28-14-8-23(19-39(28)38-31)21-5-11-25(12-6-21)35-29(40)17-20-3-9-24(33)10-4-20/h3-14,18-19H,2,15-17H2,1H3,(H,34,41)(H,35,40)(H,36,38). The van der Waals surface area contributed by atoms with Crippen molar-refractivity contribution in [2.45, 2.75) is 12.8 Å². The van der Waals surface area contributed by atoms with E-state index in [2.05, 4.69) is 26.0 Å². The van der Waals surface area contributed by atoms with Crippen LogP contribution in [0, 0.1) is 5.82 Å². The Balaban J connectivity index is 1.25. The van der Waals surface area contributed by atoms with Gasteiger partial charge in [0.2, 0.25) is 11.9 Å². The summed E-state index contributed by atoms with van der Waals surface area (Å²) in [4.78, 5) is 29.2. The highest BCUT2D eigenvalue weighted by Crippen LogP contribution is 2.28. The third-order valence-electron chi connectivity index (χ3n) is 6.42. The number of carbonyl (C=O) groups excluding carboxylic acids is 2. The maximum atomic E-state index is 13.1. The van der Waals surface area contributed by atoms with Crippen molar-refractivity contribution >= 4 is 34.8 Å². The highest BCUT2D eigenvalue weighted by Gasteiger charge is 2.13. The van der Waals surface area contributed by atoms with E-state index in [-0.39, 0.29) is 37.0 Å². The third kappa shape index (κ3) is 6.87. The molecule has 0 spiro atoms. The van der Waals surface area contributed by atoms with Crippen LogP contribution in [-0.2, 0) is 11.2 Å². The van der Waals surface area contributed by atoms with E-state index >= 15 is 0 Å². The van der Waals surface area contributed by atoms with Crippen LogP contribution in [0.15, 0.2) is 85.1 Å². The molecule has 5 rings (SSSR count). The third-order valence-corrected chi connectivity index (χ3v) is 6.42. The van der Waals surface area contributed by atoms with E-state index in [1.807, 2.05) is 42.6 Å². The van der Waals surface area contributed by atoms with Crippen LogP contribution in [-0.4, -0.2) is 46.7 Å². The first-order valence-electron chi connectivity index (χ1n) is 13.2. The number of ether oxygens (including phenoxy) is 1. The molecular formula is C31H28F2N6O3. The van der Waals surface area contributed by atoms with Crippen molar-refractivity contribution in [2.75, 3.05) is 31.0 Å². The molecule has 11 heteroatoms. The summed E-state index contributed by atoms with van der Waals surface area (Å²) in [6, 6.07) is 21.9. The summed E-state index contributed by atoms with van der Waals surface area (Å²) in [5.41, 5.74) is 4.77. The molecule has 2 aromatic heterocycles. The van der Waals surface area contributed by atoms with Gasteiger partial charge in [0.05, 0.1) is 25.9 Å². The van der Waals surface area contributed by atoms with E-state index in [0.717, 1.165) is 16.7 Å². The molecule has 2 amide bonds. The number of hydrogen-bond donors (Lipinski definition) is 3. The summed E-state index contributed by atoms with van der Waals surface area (Å²) in [7, 11) is 1.50.